The Morgan fingerprint density at radius 2 is 1.86 bits per heavy atom. The molecule has 6 nitrogen and oxygen atoms in total. The van der Waals surface area contributed by atoms with Crippen LogP contribution < -0.4 is 21.1 Å². The third-order valence-corrected chi connectivity index (χ3v) is 2.61. The molecule has 0 aliphatic rings. The van der Waals surface area contributed by atoms with Gasteiger partial charge >= 0.3 is 6.61 Å². The third-order valence-electron chi connectivity index (χ3n) is 2.61. The van der Waals surface area contributed by atoms with Crippen LogP contribution in [0.4, 0.5) is 8.78 Å². The van der Waals surface area contributed by atoms with Crippen molar-refractivity contribution >= 4 is 11.8 Å². The van der Waals surface area contributed by atoms with E-state index in [4.69, 9.17) is 5.73 Å². The first-order valence-electron chi connectivity index (χ1n) is 6.23. The molecule has 2 amide bonds. The highest BCUT2D eigenvalue weighted by Crippen LogP contribution is 2.18. The lowest BCUT2D eigenvalue weighted by atomic mass is 10.1. The van der Waals surface area contributed by atoms with Crippen molar-refractivity contribution in [3.05, 3.63) is 29.8 Å². The molecule has 0 saturated heterocycles. The standard InChI is InChI=1S/C13H17F2N3O3/c1-8(18-12(20)7-17-11(19)6-16)9-2-4-10(5-3-9)21-13(14)15/h2-5,8,13H,6-7,16H2,1H3,(H,17,19)(H,18,20). The van der Waals surface area contributed by atoms with Crippen LogP contribution in [0.1, 0.15) is 18.5 Å². The predicted octanol–water partition coefficient (Wildman–Crippen LogP) is 0.540. The molecular formula is C13H17F2N3O3. The lowest BCUT2D eigenvalue weighted by Gasteiger charge is -2.15. The molecular weight excluding hydrogens is 284 g/mol. The van der Waals surface area contributed by atoms with Crippen molar-refractivity contribution < 1.29 is 23.1 Å². The number of benzene rings is 1. The van der Waals surface area contributed by atoms with Gasteiger partial charge in [0.05, 0.1) is 19.1 Å². The lowest BCUT2D eigenvalue weighted by molar-refractivity contribution is -0.125. The van der Waals surface area contributed by atoms with E-state index in [0.29, 0.717) is 0 Å². The Morgan fingerprint density at radius 1 is 1.24 bits per heavy atom. The van der Waals surface area contributed by atoms with Gasteiger partial charge in [0.15, 0.2) is 0 Å². The summed E-state index contributed by atoms with van der Waals surface area (Å²) in [6.07, 6.45) is 0. The first kappa shape index (κ1) is 16.8. The number of nitrogens with one attached hydrogen (secondary N) is 2. The first-order valence-corrected chi connectivity index (χ1v) is 6.23. The van der Waals surface area contributed by atoms with Crippen LogP contribution in [0.25, 0.3) is 0 Å². The molecule has 8 heteroatoms. The summed E-state index contributed by atoms with van der Waals surface area (Å²) in [6.45, 7) is -1.51. The molecule has 0 aromatic heterocycles. The summed E-state index contributed by atoms with van der Waals surface area (Å²) < 4.78 is 28.2. The molecule has 0 bridgehead atoms. The smallest absolute Gasteiger partial charge is 0.387 e. The van der Waals surface area contributed by atoms with Crippen molar-refractivity contribution in [3.63, 3.8) is 0 Å². The summed E-state index contributed by atoms with van der Waals surface area (Å²) in [5, 5.41) is 4.99. The van der Waals surface area contributed by atoms with Gasteiger partial charge in [-0.15, -0.1) is 0 Å². The van der Waals surface area contributed by atoms with Gasteiger partial charge in [-0.2, -0.15) is 8.78 Å². The molecule has 0 saturated carbocycles. The molecule has 0 aliphatic heterocycles. The maximum absolute atomic E-state index is 12.0. The second-order valence-corrected chi connectivity index (χ2v) is 4.22. The van der Waals surface area contributed by atoms with E-state index in [2.05, 4.69) is 15.4 Å². The highest BCUT2D eigenvalue weighted by molar-refractivity contribution is 5.85. The Bertz CT molecular complexity index is 480. The van der Waals surface area contributed by atoms with E-state index in [-0.39, 0.29) is 30.8 Å². The number of amides is 2. The molecule has 0 spiro atoms. The van der Waals surface area contributed by atoms with E-state index in [1.807, 2.05) is 0 Å². The largest absolute Gasteiger partial charge is 0.435 e. The van der Waals surface area contributed by atoms with Crippen molar-refractivity contribution in [2.45, 2.75) is 19.6 Å². The number of hydrogen-bond acceptors (Lipinski definition) is 4. The van der Waals surface area contributed by atoms with Gasteiger partial charge in [-0.05, 0) is 24.6 Å². The number of rotatable bonds is 7. The number of carbonyl (C=O) groups excluding carboxylic acids is 2. The van der Waals surface area contributed by atoms with Crippen LogP contribution in [0.15, 0.2) is 24.3 Å². The summed E-state index contributed by atoms with van der Waals surface area (Å²) in [5.41, 5.74) is 5.81. The SMILES string of the molecule is CC(NC(=O)CNC(=O)CN)c1ccc(OC(F)F)cc1. The fraction of sp³-hybridized carbons (Fsp3) is 0.385. The van der Waals surface area contributed by atoms with Gasteiger partial charge in [0.1, 0.15) is 5.75 Å². The van der Waals surface area contributed by atoms with Gasteiger partial charge in [-0.1, -0.05) is 12.1 Å². The molecule has 0 radical (unpaired) electrons. The van der Waals surface area contributed by atoms with E-state index >= 15 is 0 Å². The Morgan fingerprint density at radius 3 is 2.38 bits per heavy atom. The van der Waals surface area contributed by atoms with Crippen molar-refractivity contribution in [2.24, 2.45) is 5.73 Å². The van der Waals surface area contributed by atoms with Crippen molar-refractivity contribution in [1.29, 1.82) is 0 Å². The zero-order valence-corrected chi connectivity index (χ0v) is 11.4. The molecule has 21 heavy (non-hydrogen) atoms. The molecule has 1 atom stereocenters. The van der Waals surface area contributed by atoms with Crippen LogP contribution in [0.5, 0.6) is 5.75 Å². The zero-order valence-electron chi connectivity index (χ0n) is 11.4. The number of hydrogen-bond donors (Lipinski definition) is 3. The Labute approximate surface area is 120 Å². The van der Waals surface area contributed by atoms with Crippen molar-refractivity contribution in [2.75, 3.05) is 13.1 Å². The zero-order chi connectivity index (χ0) is 15.8. The Kier molecular flexibility index (Phi) is 6.54. The fourth-order valence-corrected chi connectivity index (χ4v) is 1.56. The quantitative estimate of drug-likeness (QED) is 0.685. The van der Waals surface area contributed by atoms with E-state index < -0.39 is 12.5 Å². The molecule has 0 aliphatic carbocycles. The second-order valence-electron chi connectivity index (χ2n) is 4.22. The number of halogens is 2. The van der Waals surface area contributed by atoms with Gasteiger partial charge in [0.2, 0.25) is 11.8 Å². The lowest BCUT2D eigenvalue weighted by Crippen LogP contribution is -2.40. The molecule has 116 valence electrons. The highest BCUT2D eigenvalue weighted by atomic mass is 19.3. The van der Waals surface area contributed by atoms with E-state index in [9.17, 15) is 18.4 Å². The molecule has 1 aromatic rings. The average Bonchev–Trinajstić information content (AvgIpc) is 2.44. The Balaban J connectivity index is 2.49. The van der Waals surface area contributed by atoms with Crippen LogP contribution in [0.3, 0.4) is 0 Å². The molecule has 0 fully saturated rings. The van der Waals surface area contributed by atoms with Gasteiger partial charge in [0, 0.05) is 0 Å². The van der Waals surface area contributed by atoms with Crippen molar-refractivity contribution in [3.8, 4) is 5.75 Å². The molecule has 1 rings (SSSR count). The second kappa shape index (κ2) is 8.15. The number of alkyl halides is 2. The summed E-state index contributed by atoms with van der Waals surface area (Å²) in [6, 6.07) is 5.58. The maximum Gasteiger partial charge on any atom is 0.387 e. The normalized spacial score (nSPS) is 11.9. The Hall–Kier alpha value is -2.22. The number of carbonyl (C=O) groups is 2. The topological polar surface area (TPSA) is 93.5 Å². The van der Waals surface area contributed by atoms with Gasteiger partial charge in [-0.3, -0.25) is 9.59 Å². The molecule has 0 heterocycles. The van der Waals surface area contributed by atoms with E-state index in [1.54, 1.807) is 19.1 Å². The molecule has 4 N–H and O–H groups in total. The minimum atomic E-state index is -2.88. The van der Waals surface area contributed by atoms with Crippen LogP contribution in [-0.4, -0.2) is 31.5 Å². The fourth-order valence-electron chi connectivity index (χ4n) is 1.56. The summed E-state index contributed by atoms with van der Waals surface area (Å²) in [5.74, 6) is -0.758. The van der Waals surface area contributed by atoms with Crippen LogP contribution in [-0.2, 0) is 9.59 Å². The first-order chi connectivity index (χ1) is 9.92. The predicted molar refractivity (Wildman–Crippen MR) is 71.7 cm³/mol. The molecule has 1 aromatic carbocycles. The van der Waals surface area contributed by atoms with Gasteiger partial charge in [0.25, 0.3) is 0 Å². The number of nitrogens with two attached hydrogens (primary N) is 1. The number of ether oxygens (including phenoxy) is 1. The average molecular weight is 301 g/mol. The van der Waals surface area contributed by atoms with Crippen LogP contribution >= 0.6 is 0 Å². The third kappa shape index (κ3) is 6.17. The maximum atomic E-state index is 12.0. The van der Waals surface area contributed by atoms with E-state index in [0.717, 1.165) is 5.56 Å². The summed E-state index contributed by atoms with van der Waals surface area (Å²) in [4.78, 5) is 22.5. The highest BCUT2D eigenvalue weighted by Gasteiger charge is 2.11. The van der Waals surface area contributed by atoms with Gasteiger partial charge < -0.3 is 21.1 Å². The van der Waals surface area contributed by atoms with Gasteiger partial charge in [-0.25, -0.2) is 0 Å². The summed E-state index contributed by atoms with van der Waals surface area (Å²) >= 11 is 0. The minimum Gasteiger partial charge on any atom is -0.435 e. The minimum absolute atomic E-state index is 0.0440. The summed E-state index contributed by atoms with van der Waals surface area (Å²) in [7, 11) is 0. The van der Waals surface area contributed by atoms with Crippen LogP contribution in [0.2, 0.25) is 0 Å². The van der Waals surface area contributed by atoms with Crippen molar-refractivity contribution in [1.82, 2.24) is 10.6 Å². The molecule has 1 unspecified atom stereocenters. The van der Waals surface area contributed by atoms with E-state index in [1.165, 1.54) is 12.1 Å². The van der Waals surface area contributed by atoms with Crippen LogP contribution in [0, 0.1) is 0 Å². The monoisotopic (exact) mass is 301 g/mol.